The molecule has 0 spiro atoms. The molecule has 3 N–H and O–H groups in total. The van der Waals surface area contributed by atoms with Gasteiger partial charge in [0.1, 0.15) is 0 Å². The summed E-state index contributed by atoms with van der Waals surface area (Å²) in [6.45, 7) is 1.93. The van der Waals surface area contributed by atoms with Crippen LogP contribution in [0.2, 0.25) is 0 Å². The van der Waals surface area contributed by atoms with Gasteiger partial charge >= 0.3 is 6.03 Å². The Labute approximate surface area is 135 Å². The number of anilines is 2. The highest BCUT2D eigenvalue weighted by Gasteiger charge is 2.22. The number of fused-ring (bicyclic) bond motifs is 1. The Morgan fingerprint density at radius 1 is 1.39 bits per heavy atom. The Hall–Kier alpha value is -2.57. The third-order valence-electron chi connectivity index (χ3n) is 4.04. The molecule has 0 aromatic carbocycles. The zero-order chi connectivity index (χ0) is 16.4. The summed E-state index contributed by atoms with van der Waals surface area (Å²) < 4.78 is 0. The normalized spacial score (nSPS) is 16.6. The van der Waals surface area contributed by atoms with E-state index in [0.717, 1.165) is 30.8 Å². The van der Waals surface area contributed by atoms with E-state index >= 15 is 0 Å². The number of carbonyl (C=O) groups is 1. The number of rotatable bonds is 3. The highest BCUT2D eigenvalue weighted by molar-refractivity contribution is 5.92. The van der Waals surface area contributed by atoms with Crippen molar-refractivity contribution >= 4 is 17.5 Å². The number of aromatic nitrogens is 3. The maximum atomic E-state index is 12.3. The van der Waals surface area contributed by atoms with E-state index in [1.807, 2.05) is 44.2 Å². The molecule has 0 unspecified atom stereocenters. The van der Waals surface area contributed by atoms with Crippen LogP contribution in [0, 0.1) is 6.92 Å². The van der Waals surface area contributed by atoms with Crippen molar-refractivity contribution in [2.45, 2.75) is 32.2 Å². The first kappa shape index (κ1) is 15.3. The molecule has 0 fully saturated rings. The molecule has 0 bridgehead atoms. The Morgan fingerprint density at radius 2 is 2.22 bits per heavy atom. The number of aromatic amines is 1. The monoisotopic (exact) mass is 314 g/mol. The molecule has 1 atom stereocenters. The summed E-state index contributed by atoms with van der Waals surface area (Å²) >= 11 is 0. The minimum absolute atomic E-state index is 0.126. The number of nitrogens with zero attached hydrogens (tertiary/aromatic N) is 3. The van der Waals surface area contributed by atoms with Gasteiger partial charge in [-0.1, -0.05) is 0 Å². The summed E-state index contributed by atoms with van der Waals surface area (Å²) in [7, 11) is 3.82. The molecule has 0 radical (unpaired) electrons. The first-order valence-electron chi connectivity index (χ1n) is 7.76. The minimum Gasteiger partial charge on any atom is -0.361 e. The molecule has 1 aliphatic rings. The quantitative estimate of drug-likeness (QED) is 0.807. The second kappa shape index (κ2) is 6.28. The van der Waals surface area contributed by atoms with Crippen molar-refractivity contribution in [3.8, 4) is 0 Å². The number of urea groups is 1. The van der Waals surface area contributed by atoms with Crippen molar-refractivity contribution in [2.75, 3.05) is 24.3 Å². The van der Waals surface area contributed by atoms with Gasteiger partial charge in [-0.2, -0.15) is 5.10 Å². The van der Waals surface area contributed by atoms with Crippen molar-refractivity contribution in [1.82, 2.24) is 20.5 Å². The van der Waals surface area contributed by atoms with E-state index in [2.05, 4.69) is 25.8 Å². The summed E-state index contributed by atoms with van der Waals surface area (Å²) in [5.74, 6) is 0.751. The van der Waals surface area contributed by atoms with Crippen LogP contribution in [-0.2, 0) is 12.8 Å². The summed E-state index contributed by atoms with van der Waals surface area (Å²) in [5.41, 5.74) is 3.99. The van der Waals surface area contributed by atoms with Gasteiger partial charge in [-0.25, -0.2) is 9.78 Å². The van der Waals surface area contributed by atoms with E-state index in [-0.39, 0.29) is 12.1 Å². The van der Waals surface area contributed by atoms with E-state index in [1.165, 1.54) is 11.3 Å². The second-order valence-electron chi connectivity index (χ2n) is 6.13. The summed E-state index contributed by atoms with van der Waals surface area (Å²) in [6, 6.07) is 3.70. The fourth-order valence-electron chi connectivity index (χ4n) is 2.86. The van der Waals surface area contributed by atoms with Gasteiger partial charge in [0.15, 0.2) is 5.82 Å². The molecule has 2 heterocycles. The van der Waals surface area contributed by atoms with Crippen LogP contribution in [-0.4, -0.2) is 41.3 Å². The average molecular weight is 314 g/mol. The number of nitrogens with one attached hydrogen (secondary N) is 3. The van der Waals surface area contributed by atoms with Crippen LogP contribution in [0.25, 0.3) is 0 Å². The van der Waals surface area contributed by atoms with Gasteiger partial charge in [0.2, 0.25) is 0 Å². The third kappa shape index (κ3) is 3.44. The van der Waals surface area contributed by atoms with Gasteiger partial charge in [-0.15, -0.1) is 0 Å². The minimum atomic E-state index is -0.198. The Morgan fingerprint density at radius 3 is 3.00 bits per heavy atom. The molecule has 2 aromatic rings. The Bertz CT molecular complexity index is 708. The van der Waals surface area contributed by atoms with Crippen molar-refractivity contribution in [3.63, 3.8) is 0 Å². The lowest BCUT2D eigenvalue weighted by atomic mass is 9.94. The number of hydrogen-bond acceptors (Lipinski definition) is 4. The van der Waals surface area contributed by atoms with Crippen LogP contribution in [0.4, 0.5) is 16.3 Å². The lowest BCUT2D eigenvalue weighted by Gasteiger charge is -2.23. The first-order valence-corrected chi connectivity index (χ1v) is 7.76. The lowest BCUT2D eigenvalue weighted by Crippen LogP contribution is -2.41. The summed E-state index contributed by atoms with van der Waals surface area (Å²) in [4.78, 5) is 18.7. The van der Waals surface area contributed by atoms with Crippen LogP contribution in [0.5, 0.6) is 0 Å². The molecular formula is C16H22N6O. The van der Waals surface area contributed by atoms with E-state index in [0.29, 0.717) is 5.69 Å². The van der Waals surface area contributed by atoms with Crippen LogP contribution >= 0.6 is 0 Å². The first-order chi connectivity index (χ1) is 11.0. The Balaban J connectivity index is 1.64. The SMILES string of the molecule is Cc1ccc(NC(=O)N[C@@H]2CCc3[nH]ncc3C2)c(N(C)C)n1. The number of H-pyrrole nitrogens is 1. The van der Waals surface area contributed by atoms with Gasteiger partial charge in [-0.05, 0) is 43.9 Å². The number of pyridine rings is 1. The molecule has 0 saturated heterocycles. The molecular weight excluding hydrogens is 292 g/mol. The highest BCUT2D eigenvalue weighted by atomic mass is 16.2. The fourth-order valence-corrected chi connectivity index (χ4v) is 2.86. The van der Waals surface area contributed by atoms with Crippen molar-refractivity contribution in [3.05, 3.63) is 35.3 Å². The number of carbonyl (C=O) groups excluding carboxylic acids is 1. The largest absolute Gasteiger partial charge is 0.361 e. The number of aryl methyl sites for hydroxylation is 2. The summed E-state index contributed by atoms with van der Waals surface area (Å²) in [6.07, 6.45) is 4.48. The number of hydrogen-bond donors (Lipinski definition) is 3. The zero-order valence-corrected chi connectivity index (χ0v) is 13.7. The van der Waals surface area contributed by atoms with Crippen LogP contribution in [0.15, 0.2) is 18.3 Å². The van der Waals surface area contributed by atoms with Gasteiger partial charge in [0.25, 0.3) is 0 Å². The van der Waals surface area contributed by atoms with E-state index in [1.54, 1.807) is 0 Å². The molecule has 2 amide bonds. The van der Waals surface area contributed by atoms with Gasteiger partial charge < -0.3 is 15.5 Å². The lowest BCUT2D eigenvalue weighted by molar-refractivity contribution is 0.247. The second-order valence-corrected chi connectivity index (χ2v) is 6.13. The predicted octanol–water partition coefficient (Wildman–Crippen LogP) is 1.86. The van der Waals surface area contributed by atoms with Crippen LogP contribution in [0.3, 0.4) is 0 Å². The zero-order valence-electron chi connectivity index (χ0n) is 13.7. The van der Waals surface area contributed by atoms with E-state index < -0.39 is 0 Å². The molecule has 23 heavy (non-hydrogen) atoms. The van der Waals surface area contributed by atoms with E-state index in [9.17, 15) is 4.79 Å². The molecule has 2 aromatic heterocycles. The molecule has 0 aliphatic heterocycles. The fraction of sp³-hybridized carbons (Fsp3) is 0.438. The molecule has 7 nitrogen and oxygen atoms in total. The van der Waals surface area contributed by atoms with Crippen LogP contribution in [0.1, 0.15) is 23.4 Å². The van der Waals surface area contributed by atoms with Gasteiger partial charge in [0, 0.05) is 31.5 Å². The molecule has 1 aliphatic carbocycles. The summed E-state index contributed by atoms with van der Waals surface area (Å²) in [5, 5.41) is 13.0. The van der Waals surface area contributed by atoms with Gasteiger partial charge in [-0.3, -0.25) is 5.10 Å². The molecule has 7 heteroatoms. The predicted molar refractivity (Wildman–Crippen MR) is 89.9 cm³/mol. The van der Waals surface area contributed by atoms with Crippen molar-refractivity contribution < 1.29 is 4.79 Å². The third-order valence-corrected chi connectivity index (χ3v) is 4.04. The maximum absolute atomic E-state index is 12.3. The average Bonchev–Trinajstić information content (AvgIpc) is 2.96. The molecule has 122 valence electrons. The van der Waals surface area contributed by atoms with Gasteiger partial charge in [0.05, 0.1) is 11.9 Å². The molecule has 0 saturated carbocycles. The standard InChI is InChI=1S/C16H22N6O/c1-10-4-6-14(15(18-10)22(2)3)20-16(23)19-12-5-7-13-11(8-12)9-17-21-13/h4,6,9,12H,5,7-8H2,1-3H3,(H,17,21)(H2,19,20,23)/t12-/m1/s1. The van der Waals surface area contributed by atoms with Crippen molar-refractivity contribution in [2.24, 2.45) is 0 Å². The molecule has 3 rings (SSSR count). The smallest absolute Gasteiger partial charge is 0.319 e. The number of amides is 2. The van der Waals surface area contributed by atoms with E-state index in [4.69, 9.17) is 0 Å². The maximum Gasteiger partial charge on any atom is 0.319 e. The topological polar surface area (TPSA) is 85.9 Å². The highest BCUT2D eigenvalue weighted by Crippen LogP contribution is 2.22. The van der Waals surface area contributed by atoms with Crippen LogP contribution < -0.4 is 15.5 Å². The Kier molecular flexibility index (Phi) is 4.18. The van der Waals surface area contributed by atoms with Crippen molar-refractivity contribution in [1.29, 1.82) is 0 Å².